The van der Waals surface area contributed by atoms with Crippen LogP contribution in [-0.4, -0.2) is 15.6 Å². The molecule has 1 spiro atoms. The maximum absolute atomic E-state index is 6.98. The van der Waals surface area contributed by atoms with Crippen molar-refractivity contribution in [2.24, 2.45) is 0 Å². The number of ether oxygens (including phenoxy) is 1. The maximum Gasteiger partial charge on any atom is 0.160 e. The van der Waals surface area contributed by atoms with Crippen LogP contribution in [0.5, 0.6) is 5.75 Å². The predicted octanol–water partition coefficient (Wildman–Crippen LogP) is 12.1. The highest BCUT2D eigenvalue weighted by Gasteiger charge is 2.57. The molecule has 2 heterocycles. The molecule has 1 atom stereocenters. The molecule has 1 aliphatic heterocycles. The van der Waals surface area contributed by atoms with Crippen LogP contribution in [0.3, 0.4) is 0 Å². The molecule has 0 radical (unpaired) electrons. The Morgan fingerprint density at radius 3 is 2.00 bits per heavy atom. The van der Waals surface area contributed by atoms with Crippen LogP contribution in [0.1, 0.15) is 30.0 Å². The maximum atomic E-state index is 6.98. The van der Waals surface area contributed by atoms with Gasteiger partial charge >= 0.3 is 0 Å². The van der Waals surface area contributed by atoms with Crippen molar-refractivity contribution in [1.82, 2.24) is 9.97 Å². The molecule has 3 aliphatic rings. The first-order chi connectivity index (χ1) is 26.1. The molecule has 11 rings (SSSR count). The van der Waals surface area contributed by atoms with Gasteiger partial charge in [0.15, 0.2) is 5.82 Å². The van der Waals surface area contributed by atoms with E-state index in [1.165, 1.54) is 44.2 Å². The fourth-order valence-corrected chi connectivity index (χ4v) is 9.31. The summed E-state index contributed by atoms with van der Waals surface area (Å²) in [4.78, 5) is 10.3. The summed E-state index contributed by atoms with van der Waals surface area (Å²) >= 11 is 0. The summed E-state index contributed by atoms with van der Waals surface area (Å²) in [5, 5.41) is 3.42. The van der Waals surface area contributed by atoms with Crippen molar-refractivity contribution in [3.8, 4) is 50.6 Å². The third-order valence-corrected chi connectivity index (χ3v) is 11.7. The van der Waals surface area contributed by atoms with E-state index in [9.17, 15) is 0 Å². The standard InChI is InChI=1S/C50H34N2O/c1-49-30-11-10-23-46(49)50(41-20-7-4-16-37(41)38-17-5-8-21-42(38)50)43-31-35(28-29-45(43)53-49)32-24-26-34(27-25-32)48-51-44-22-9-6-18-40(44)47(52-48)39-19-12-14-33-13-2-3-15-36(33)39/h2-29,31H,30H2,1H3. The Balaban J connectivity index is 1.06. The lowest BCUT2D eigenvalue weighted by atomic mass is 9.59. The van der Waals surface area contributed by atoms with Crippen LogP contribution in [-0.2, 0) is 5.41 Å². The molecule has 250 valence electrons. The zero-order chi connectivity index (χ0) is 35.1. The Hall–Kier alpha value is -6.58. The van der Waals surface area contributed by atoms with Crippen LogP contribution in [0.4, 0.5) is 0 Å². The van der Waals surface area contributed by atoms with Gasteiger partial charge in [-0.15, -0.1) is 0 Å². The monoisotopic (exact) mass is 678 g/mol. The molecule has 3 nitrogen and oxygen atoms in total. The molecule has 0 amide bonds. The van der Waals surface area contributed by atoms with Gasteiger partial charge in [-0.25, -0.2) is 9.97 Å². The fraction of sp³-hybridized carbons (Fsp3) is 0.0800. The minimum absolute atomic E-state index is 0.458. The normalized spacial score (nSPS) is 17.5. The number of rotatable bonds is 3. The number of allylic oxidation sites excluding steroid dienone is 2. The van der Waals surface area contributed by atoms with Crippen molar-refractivity contribution in [2.45, 2.75) is 24.4 Å². The van der Waals surface area contributed by atoms with Gasteiger partial charge in [-0.1, -0.05) is 158 Å². The molecule has 0 N–H and O–H groups in total. The lowest BCUT2D eigenvalue weighted by Crippen LogP contribution is -2.50. The van der Waals surface area contributed by atoms with Gasteiger partial charge in [-0.3, -0.25) is 0 Å². The second kappa shape index (κ2) is 11.2. The molecular weight excluding hydrogens is 645 g/mol. The second-order valence-electron chi connectivity index (χ2n) is 14.6. The summed E-state index contributed by atoms with van der Waals surface area (Å²) in [5.74, 6) is 1.66. The van der Waals surface area contributed by atoms with E-state index in [1.54, 1.807) is 0 Å². The van der Waals surface area contributed by atoms with E-state index in [1.807, 2.05) is 6.07 Å². The summed E-state index contributed by atoms with van der Waals surface area (Å²) in [6.45, 7) is 2.25. The molecule has 1 unspecified atom stereocenters. The molecule has 7 aromatic carbocycles. The third-order valence-electron chi connectivity index (χ3n) is 11.7. The number of para-hydroxylation sites is 1. The number of aromatic nitrogens is 2. The van der Waals surface area contributed by atoms with Crippen molar-refractivity contribution in [3.63, 3.8) is 0 Å². The van der Waals surface area contributed by atoms with E-state index < -0.39 is 11.0 Å². The summed E-state index contributed by atoms with van der Waals surface area (Å²) in [6, 6.07) is 56.6. The SMILES string of the molecule is CC12CC=CC=C1C1(c3cc(-c4ccc(-c5nc(-c6cccc7ccccc67)c6ccccc6n5)cc4)ccc3O2)c2ccccc2-c2ccccc21. The lowest BCUT2D eigenvalue weighted by molar-refractivity contribution is 0.102. The van der Waals surface area contributed by atoms with Crippen LogP contribution in [0.2, 0.25) is 0 Å². The Labute approximate surface area is 308 Å². The molecule has 0 saturated heterocycles. The second-order valence-corrected chi connectivity index (χ2v) is 14.6. The number of hydrogen-bond acceptors (Lipinski definition) is 3. The van der Waals surface area contributed by atoms with E-state index in [-0.39, 0.29) is 0 Å². The van der Waals surface area contributed by atoms with Gasteiger partial charge in [0.25, 0.3) is 0 Å². The number of hydrogen-bond donors (Lipinski definition) is 0. The number of fused-ring (bicyclic) bond motifs is 11. The van der Waals surface area contributed by atoms with Crippen LogP contribution in [0.25, 0.3) is 66.6 Å². The van der Waals surface area contributed by atoms with Crippen LogP contribution >= 0.6 is 0 Å². The van der Waals surface area contributed by atoms with Gasteiger partial charge in [0.1, 0.15) is 11.4 Å². The quantitative estimate of drug-likeness (QED) is 0.187. The molecule has 2 aliphatic carbocycles. The van der Waals surface area contributed by atoms with Gasteiger partial charge in [0.2, 0.25) is 0 Å². The lowest BCUT2D eigenvalue weighted by Gasteiger charge is -2.50. The topological polar surface area (TPSA) is 35.0 Å². The zero-order valence-corrected chi connectivity index (χ0v) is 29.3. The van der Waals surface area contributed by atoms with Gasteiger partial charge in [0, 0.05) is 28.5 Å². The van der Waals surface area contributed by atoms with Gasteiger partial charge in [-0.2, -0.15) is 0 Å². The van der Waals surface area contributed by atoms with E-state index in [0.717, 1.165) is 51.0 Å². The zero-order valence-electron chi connectivity index (χ0n) is 29.3. The summed E-state index contributed by atoms with van der Waals surface area (Å²) in [7, 11) is 0. The van der Waals surface area contributed by atoms with E-state index >= 15 is 0 Å². The van der Waals surface area contributed by atoms with E-state index in [4.69, 9.17) is 14.7 Å². The molecular formula is C50H34N2O. The number of nitrogens with zero attached hydrogens (tertiary/aromatic N) is 2. The first kappa shape index (κ1) is 30.1. The highest BCUT2D eigenvalue weighted by Crippen LogP contribution is 2.63. The molecule has 53 heavy (non-hydrogen) atoms. The smallest absolute Gasteiger partial charge is 0.160 e. The van der Waals surface area contributed by atoms with Crippen molar-refractivity contribution in [2.75, 3.05) is 0 Å². The van der Waals surface area contributed by atoms with Crippen LogP contribution < -0.4 is 4.74 Å². The van der Waals surface area contributed by atoms with E-state index in [2.05, 4.69) is 177 Å². The average molecular weight is 679 g/mol. The Morgan fingerprint density at radius 2 is 1.19 bits per heavy atom. The Bertz CT molecular complexity index is 2810. The summed E-state index contributed by atoms with van der Waals surface area (Å²) < 4.78 is 6.98. The van der Waals surface area contributed by atoms with Crippen molar-refractivity contribution in [1.29, 1.82) is 0 Å². The van der Waals surface area contributed by atoms with Crippen molar-refractivity contribution in [3.05, 3.63) is 198 Å². The number of benzene rings is 7. The minimum atomic E-state index is -0.465. The highest BCUT2D eigenvalue weighted by molar-refractivity contribution is 6.03. The molecule has 1 aromatic heterocycles. The average Bonchev–Trinajstić information content (AvgIpc) is 3.50. The summed E-state index contributed by atoms with van der Waals surface area (Å²) in [6.07, 6.45) is 7.57. The largest absolute Gasteiger partial charge is 0.482 e. The first-order valence-corrected chi connectivity index (χ1v) is 18.4. The highest BCUT2D eigenvalue weighted by atomic mass is 16.5. The molecule has 0 saturated carbocycles. The third kappa shape index (κ3) is 4.28. The predicted molar refractivity (Wildman–Crippen MR) is 216 cm³/mol. The minimum Gasteiger partial charge on any atom is -0.482 e. The van der Waals surface area contributed by atoms with Crippen LogP contribution in [0.15, 0.2) is 182 Å². The Kier molecular flexibility index (Phi) is 6.36. The first-order valence-electron chi connectivity index (χ1n) is 18.4. The van der Waals surface area contributed by atoms with Gasteiger partial charge in [-0.05, 0) is 74.8 Å². The van der Waals surface area contributed by atoms with E-state index in [0.29, 0.717) is 5.82 Å². The van der Waals surface area contributed by atoms with Crippen LogP contribution in [0, 0.1) is 0 Å². The molecule has 3 heteroatoms. The fourth-order valence-electron chi connectivity index (χ4n) is 9.31. The Morgan fingerprint density at radius 1 is 0.547 bits per heavy atom. The summed E-state index contributed by atoms with van der Waals surface area (Å²) in [5.41, 5.74) is 13.0. The van der Waals surface area contributed by atoms with Crippen molar-refractivity contribution >= 4 is 21.7 Å². The molecule has 8 aromatic rings. The van der Waals surface area contributed by atoms with Gasteiger partial charge < -0.3 is 4.74 Å². The van der Waals surface area contributed by atoms with Gasteiger partial charge in [0.05, 0.1) is 16.6 Å². The molecule has 0 bridgehead atoms. The van der Waals surface area contributed by atoms with Crippen molar-refractivity contribution < 1.29 is 4.74 Å². The molecule has 0 fully saturated rings.